The summed E-state index contributed by atoms with van der Waals surface area (Å²) >= 11 is 13.6. The molecule has 0 saturated heterocycles. The first-order chi connectivity index (χ1) is 6.32. The average molecular weight is 303 g/mol. The molecule has 0 aliphatic rings. The summed E-state index contributed by atoms with van der Waals surface area (Å²) in [5.74, 6) is 0. The molecule has 11 heteroatoms. The molecule has 0 aromatic rings. The van der Waals surface area contributed by atoms with Gasteiger partial charge in [-0.3, -0.25) is 0 Å². The molecular formula is C4H10MgN2O4S4. The Hall–Kier alpha value is 0.446. The zero-order valence-electron chi connectivity index (χ0n) is 9.35. The van der Waals surface area contributed by atoms with E-state index in [9.17, 15) is 9.59 Å². The summed E-state index contributed by atoms with van der Waals surface area (Å²) in [4.78, 5) is 19.7. The van der Waals surface area contributed by atoms with Gasteiger partial charge in [-0.15, -0.1) is 0 Å². The van der Waals surface area contributed by atoms with Gasteiger partial charge in [0.25, 0.3) is 0 Å². The van der Waals surface area contributed by atoms with Gasteiger partial charge in [0.05, 0.1) is 6.26 Å². The maximum absolute atomic E-state index is 10.2. The predicted octanol–water partition coefficient (Wildman–Crippen LogP) is 1.76. The van der Waals surface area contributed by atoms with Crippen LogP contribution in [0.4, 0.5) is 9.59 Å². The zero-order chi connectivity index (χ0) is 11.7. The molecule has 0 spiro atoms. The van der Waals surface area contributed by atoms with Crippen molar-refractivity contribution in [3.63, 3.8) is 0 Å². The number of hydrogen-bond donors (Lipinski definition) is 5. The molecule has 0 unspecified atom stereocenters. The Balaban J connectivity index is -0.0000000493. The van der Waals surface area contributed by atoms with Crippen molar-refractivity contribution < 1.29 is 22.3 Å². The van der Waals surface area contributed by atoms with Crippen molar-refractivity contribution in [1.29, 1.82) is 0 Å². The van der Waals surface area contributed by atoms with Crippen LogP contribution in [0.15, 0.2) is 12.8 Å². The molecule has 0 aromatic carbocycles. The van der Waals surface area contributed by atoms with E-state index in [0.717, 1.165) is 6.26 Å². The minimum Gasteiger partial charge on any atom is -1.00 e. The first kappa shape index (κ1) is 20.8. The summed E-state index contributed by atoms with van der Waals surface area (Å²) < 4.78 is 5.38. The third-order valence-corrected chi connectivity index (χ3v) is 1.19. The summed E-state index contributed by atoms with van der Waals surface area (Å²) in [6, 6.07) is 0. The molecule has 0 fully saturated rings. The molecular weight excluding hydrogens is 293 g/mol. The summed E-state index contributed by atoms with van der Waals surface area (Å²) in [7, 11) is 0. The molecule has 2 amide bonds. The number of amides is 2. The number of thiol groups is 4. The topological polar surface area (TPSA) is 70.1 Å². The number of carbonyl (C=O) groups is 2. The predicted molar refractivity (Wildman–Crippen MR) is 72.3 cm³/mol. The van der Waals surface area contributed by atoms with Gasteiger partial charge in [-0.25, -0.2) is 9.59 Å². The van der Waals surface area contributed by atoms with E-state index in [0.29, 0.717) is 7.42 Å². The first-order valence-electron chi connectivity index (χ1n) is 2.73. The molecule has 0 heterocycles. The Labute approximate surface area is 128 Å². The molecule has 0 bridgehead atoms. The van der Waals surface area contributed by atoms with Crippen LogP contribution in [0.3, 0.4) is 0 Å². The Morgan fingerprint density at radius 3 is 1.67 bits per heavy atom. The van der Waals surface area contributed by atoms with Crippen LogP contribution < -0.4 is 0 Å². The summed E-state index contributed by atoms with van der Waals surface area (Å²) in [6.45, 7) is 3.15. The molecule has 15 heavy (non-hydrogen) atoms. The molecule has 0 radical (unpaired) electrons. The molecule has 0 aromatic heterocycles. The van der Waals surface area contributed by atoms with Gasteiger partial charge in [-0.05, 0) is 51.3 Å². The molecule has 0 atom stereocenters. The summed E-state index contributed by atoms with van der Waals surface area (Å²) in [5.41, 5.74) is 0. The third kappa shape index (κ3) is 17.1. The van der Waals surface area contributed by atoms with E-state index in [-0.39, 0.29) is 25.9 Å². The van der Waals surface area contributed by atoms with Crippen molar-refractivity contribution in [2.45, 2.75) is 0 Å². The van der Waals surface area contributed by atoms with Crippen molar-refractivity contribution in [2.75, 3.05) is 0 Å². The number of ether oxygens (including phenoxy) is 1. The van der Waals surface area contributed by atoms with E-state index in [4.69, 9.17) is 5.11 Å². The Morgan fingerprint density at radius 2 is 1.60 bits per heavy atom. The summed E-state index contributed by atoms with van der Waals surface area (Å²) in [5, 5.41) is 7.76. The largest absolute Gasteiger partial charge is 2.00 e. The Morgan fingerprint density at radius 1 is 1.27 bits per heavy atom. The van der Waals surface area contributed by atoms with Crippen molar-refractivity contribution in [1.82, 2.24) is 7.42 Å². The number of hydrogen-bond acceptors (Lipinski definition) is 7. The Kier molecular flexibility index (Phi) is 17.4. The number of nitrogens with zero attached hydrogens (tertiary/aromatic N) is 2. The normalized spacial score (nSPS) is 7.20. The van der Waals surface area contributed by atoms with E-state index in [1.807, 2.05) is 0 Å². The van der Waals surface area contributed by atoms with Crippen LogP contribution in [0.2, 0.25) is 0 Å². The van der Waals surface area contributed by atoms with Crippen LogP contribution in [0, 0.1) is 0 Å². The fourth-order valence-corrected chi connectivity index (χ4v) is 0.213. The van der Waals surface area contributed by atoms with Crippen LogP contribution in [0.25, 0.3) is 0 Å². The van der Waals surface area contributed by atoms with Gasteiger partial charge in [-0.1, -0.05) is 6.58 Å². The van der Waals surface area contributed by atoms with Gasteiger partial charge in [0.1, 0.15) is 0 Å². The van der Waals surface area contributed by atoms with E-state index >= 15 is 0 Å². The van der Waals surface area contributed by atoms with Crippen molar-refractivity contribution in [3.05, 3.63) is 12.8 Å². The Bertz CT molecular complexity index is 224. The standard InChI is InChI=1S/C3H5NO2S2.CH3NO2S2.Mg.2H/c1-2-6-3(5)4(7)8;3-1(4)2(5)6;;;/h2,7-8H,1H2;5-6H,(H,3,4);;;/q;;+2;2*-1. The maximum atomic E-state index is 10.2. The van der Waals surface area contributed by atoms with Crippen LogP contribution in [0.5, 0.6) is 0 Å². The second-order valence-corrected chi connectivity index (χ2v) is 3.64. The zero-order valence-corrected chi connectivity index (χ0v) is 12.3. The second kappa shape index (κ2) is 12.5. The summed E-state index contributed by atoms with van der Waals surface area (Å²) in [6.07, 6.45) is -0.852. The molecule has 0 aliphatic heterocycles. The van der Waals surface area contributed by atoms with E-state index in [2.05, 4.69) is 62.6 Å². The average Bonchev–Trinajstić information content (AvgIpc) is 2.05. The third-order valence-electron chi connectivity index (χ3n) is 0.519. The van der Waals surface area contributed by atoms with Gasteiger partial charge in [0.15, 0.2) is 0 Å². The first-order valence-corrected chi connectivity index (χ1v) is 4.33. The number of carboxylic acid groups (broad SMARTS) is 1. The number of rotatable bonds is 1. The molecule has 1 N–H and O–H groups in total. The maximum Gasteiger partial charge on any atom is 2.00 e. The quantitative estimate of drug-likeness (QED) is 0.291. The van der Waals surface area contributed by atoms with Crippen molar-refractivity contribution in [3.8, 4) is 0 Å². The SMILES string of the molecule is C=COC(=O)N(S)S.O=C(O)N(S)S.[H-].[H-].[Mg+2]. The fourth-order valence-electron chi connectivity index (χ4n) is 0.118. The smallest absolute Gasteiger partial charge is 1.00 e. The van der Waals surface area contributed by atoms with Crippen LogP contribution in [-0.2, 0) is 4.74 Å². The monoisotopic (exact) mass is 302 g/mol. The second-order valence-electron chi connectivity index (χ2n) is 1.41. The van der Waals surface area contributed by atoms with Crippen molar-refractivity contribution in [2.24, 2.45) is 0 Å². The van der Waals surface area contributed by atoms with Gasteiger partial charge in [-0.2, -0.15) is 7.42 Å². The number of carbonyl (C=O) groups excluding carboxylic acids is 1. The van der Waals surface area contributed by atoms with E-state index < -0.39 is 12.2 Å². The van der Waals surface area contributed by atoms with Crippen LogP contribution in [-0.4, -0.2) is 47.8 Å². The minimum absolute atomic E-state index is 0. The molecule has 86 valence electrons. The van der Waals surface area contributed by atoms with Crippen LogP contribution >= 0.6 is 51.3 Å². The van der Waals surface area contributed by atoms with Crippen LogP contribution in [0.1, 0.15) is 2.85 Å². The minimum atomic E-state index is -1.18. The molecule has 0 saturated carbocycles. The van der Waals surface area contributed by atoms with E-state index in [1.165, 1.54) is 0 Å². The van der Waals surface area contributed by atoms with E-state index in [1.54, 1.807) is 0 Å². The molecule has 6 nitrogen and oxygen atoms in total. The fraction of sp³-hybridized carbons (Fsp3) is 0. The van der Waals surface area contributed by atoms with Gasteiger partial charge >= 0.3 is 35.2 Å². The molecule has 0 aliphatic carbocycles. The van der Waals surface area contributed by atoms with Gasteiger partial charge in [0, 0.05) is 0 Å². The van der Waals surface area contributed by atoms with Gasteiger partial charge in [0.2, 0.25) is 0 Å². The van der Waals surface area contributed by atoms with Crippen molar-refractivity contribution >= 4 is 86.5 Å². The molecule has 0 rings (SSSR count). The van der Waals surface area contributed by atoms with Gasteiger partial charge < -0.3 is 12.7 Å².